The predicted molar refractivity (Wildman–Crippen MR) is 228 cm³/mol. The minimum atomic E-state index is -0.524. The number of rotatable bonds is 10. The Morgan fingerprint density at radius 3 is 2.09 bits per heavy atom. The number of carbonyl (C=O) groups excluding carboxylic acids is 3. The molecule has 6 rings (SSSR count). The number of amides is 2. The van der Waals surface area contributed by atoms with Crippen LogP contribution in [0.2, 0.25) is 0 Å². The zero-order valence-corrected chi connectivity index (χ0v) is 36.2. The van der Waals surface area contributed by atoms with E-state index in [2.05, 4.69) is 61.6 Å². The summed E-state index contributed by atoms with van der Waals surface area (Å²) >= 11 is 0. The summed E-state index contributed by atoms with van der Waals surface area (Å²) in [6.45, 7) is 21.0. The third-order valence-electron chi connectivity index (χ3n) is 10.6. The molecule has 2 amide bonds. The van der Waals surface area contributed by atoms with Crippen molar-refractivity contribution in [1.29, 1.82) is 0 Å². The van der Waals surface area contributed by atoms with Gasteiger partial charge < -0.3 is 19.9 Å². The molecule has 1 aliphatic carbocycles. The van der Waals surface area contributed by atoms with Crippen LogP contribution in [0.4, 0.5) is 15.8 Å². The quantitative estimate of drug-likeness (QED) is 0.0713. The SMILES string of the molecule is CC.CC(C)NN.CCC.Cc1ncc(C2CCN(C)CC2)cn1.O=COCCC1CCC(N2CCN(c3ccc(NC4CCC(=O)NC4=O)cc3F)CC2)CC1. The van der Waals surface area contributed by atoms with Crippen molar-refractivity contribution in [1.82, 2.24) is 30.5 Å². The number of likely N-dealkylation sites (tertiary alicyclic amines) is 1. The first-order chi connectivity index (χ1) is 27.5. The summed E-state index contributed by atoms with van der Waals surface area (Å²) in [5.41, 5.74) is 4.96. The molecule has 1 unspecified atom stereocenters. The second-order valence-corrected chi connectivity index (χ2v) is 15.4. The zero-order valence-electron chi connectivity index (χ0n) is 36.2. The summed E-state index contributed by atoms with van der Waals surface area (Å²) in [5.74, 6) is 6.16. The number of aromatic nitrogens is 2. The van der Waals surface area contributed by atoms with E-state index in [9.17, 15) is 18.8 Å². The van der Waals surface area contributed by atoms with Crippen molar-refractivity contribution >= 4 is 29.7 Å². The third-order valence-corrected chi connectivity index (χ3v) is 10.6. The number of hydrogen-bond acceptors (Lipinski definition) is 12. The summed E-state index contributed by atoms with van der Waals surface area (Å²) in [6.07, 6.45) is 14.0. The number of nitrogens with one attached hydrogen (secondary N) is 3. The number of piperazine rings is 1. The van der Waals surface area contributed by atoms with Crippen molar-refractivity contribution < 1.29 is 23.5 Å². The lowest BCUT2D eigenvalue weighted by atomic mass is 9.83. The Balaban J connectivity index is 0.000000383. The van der Waals surface area contributed by atoms with Gasteiger partial charge in [0.15, 0.2) is 0 Å². The van der Waals surface area contributed by atoms with Crippen molar-refractivity contribution in [3.63, 3.8) is 0 Å². The molecule has 1 atom stereocenters. The van der Waals surface area contributed by atoms with Gasteiger partial charge in [-0.1, -0.05) is 34.1 Å². The number of hydrogen-bond donors (Lipinski definition) is 4. The van der Waals surface area contributed by atoms with Crippen molar-refractivity contribution in [2.75, 3.05) is 63.1 Å². The maximum absolute atomic E-state index is 14.9. The van der Waals surface area contributed by atoms with Crippen LogP contribution in [-0.4, -0.2) is 109 Å². The highest BCUT2D eigenvalue weighted by molar-refractivity contribution is 6.01. The fraction of sp³-hybridized carbons (Fsp3) is 0.698. The van der Waals surface area contributed by atoms with Crippen LogP contribution in [0.3, 0.4) is 0 Å². The van der Waals surface area contributed by atoms with Crippen LogP contribution in [0.1, 0.15) is 123 Å². The molecule has 0 bridgehead atoms. The Morgan fingerprint density at radius 1 is 0.965 bits per heavy atom. The normalized spacial score (nSPS) is 21.5. The van der Waals surface area contributed by atoms with Gasteiger partial charge in [-0.25, -0.2) is 14.4 Å². The molecule has 57 heavy (non-hydrogen) atoms. The van der Waals surface area contributed by atoms with Gasteiger partial charge in [0.25, 0.3) is 6.47 Å². The van der Waals surface area contributed by atoms with Crippen LogP contribution in [0.5, 0.6) is 0 Å². The van der Waals surface area contributed by atoms with Crippen LogP contribution < -0.4 is 26.8 Å². The van der Waals surface area contributed by atoms with Gasteiger partial charge in [0.2, 0.25) is 11.8 Å². The fourth-order valence-corrected chi connectivity index (χ4v) is 7.25. The van der Waals surface area contributed by atoms with E-state index in [0.29, 0.717) is 54.8 Å². The smallest absolute Gasteiger partial charge is 0.293 e. The summed E-state index contributed by atoms with van der Waals surface area (Å²) < 4.78 is 19.7. The van der Waals surface area contributed by atoms with E-state index in [1.807, 2.05) is 47.0 Å². The second-order valence-electron chi connectivity index (χ2n) is 15.4. The average Bonchev–Trinajstić information content (AvgIpc) is 3.22. The Bertz CT molecular complexity index is 1410. The first-order valence-electron chi connectivity index (χ1n) is 21.3. The average molecular weight is 800 g/mol. The van der Waals surface area contributed by atoms with Crippen LogP contribution in [0.25, 0.3) is 0 Å². The second kappa shape index (κ2) is 27.8. The molecular weight excluding hydrogens is 726 g/mol. The van der Waals surface area contributed by atoms with E-state index in [1.165, 1.54) is 69.7 Å². The zero-order chi connectivity index (χ0) is 42.2. The molecular formula is C43H74FN9O4. The van der Waals surface area contributed by atoms with Gasteiger partial charge in [-0.15, -0.1) is 0 Å². The van der Waals surface area contributed by atoms with Crippen molar-refractivity contribution in [2.24, 2.45) is 11.8 Å². The monoisotopic (exact) mass is 800 g/mol. The molecule has 13 nitrogen and oxygen atoms in total. The van der Waals surface area contributed by atoms with Crippen LogP contribution >= 0.6 is 0 Å². The van der Waals surface area contributed by atoms with E-state index in [1.54, 1.807) is 12.1 Å². The maximum Gasteiger partial charge on any atom is 0.293 e. The third kappa shape index (κ3) is 18.2. The van der Waals surface area contributed by atoms with E-state index in [0.717, 1.165) is 38.4 Å². The Morgan fingerprint density at radius 2 is 1.56 bits per heavy atom. The number of imide groups is 1. The summed E-state index contributed by atoms with van der Waals surface area (Å²) in [5, 5.41) is 5.34. The highest BCUT2D eigenvalue weighted by atomic mass is 19.1. The summed E-state index contributed by atoms with van der Waals surface area (Å²) in [7, 11) is 2.18. The number of anilines is 2. The molecule has 3 saturated heterocycles. The van der Waals surface area contributed by atoms with Gasteiger partial charge in [-0.05, 0) is 128 Å². The summed E-state index contributed by atoms with van der Waals surface area (Å²) in [4.78, 5) is 49.0. The number of nitrogens with two attached hydrogens (primary N) is 1. The molecule has 1 aromatic heterocycles. The van der Waals surface area contributed by atoms with Gasteiger partial charge in [-0.2, -0.15) is 0 Å². The molecule has 14 heteroatoms. The number of ether oxygens (including phenoxy) is 1. The van der Waals surface area contributed by atoms with E-state index in [-0.39, 0.29) is 24.1 Å². The number of nitrogens with zero attached hydrogens (tertiary/aromatic N) is 5. The predicted octanol–water partition coefficient (Wildman–Crippen LogP) is 6.18. The van der Waals surface area contributed by atoms with Gasteiger partial charge in [0, 0.05) is 62.8 Å². The number of halogens is 1. The Hall–Kier alpha value is -3.72. The van der Waals surface area contributed by atoms with Crippen molar-refractivity contribution in [3.8, 4) is 0 Å². The lowest BCUT2D eigenvalue weighted by Crippen LogP contribution is -2.51. The van der Waals surface area contributed by atoms with E-state index < -0.39 is 6.04 Å². The van der Waals surface area contributed by atoms with Gasteiger partial charge >= 0.3 is 0 Å². The molecule has 5 N–H and O–H groups in total. The minimum absolute atomic E-state index is 0.268. The van der Waals surface area contributed by atoms with Crippen LogP contribution in [0, 0.1) is 18.7 Å². The Labute approximate surface area is 342 Å². The van der Waals surface area contributed by atoms with Crippen LogP contribution in [-0.2, 0) is 19.1 Å². The van der Waals surface area contributed by atoms with Crippen molar-refractivity contribution in [3.05, 3.63) is 47.8 Å². The highest BCUT2D eigenvalue weighted by Gasteiger charge is 2.30. The van der Waals surface area contributed by atoms with E-state index >= 15 is 0 Å². The molecule has 1 saturated carbocycles. The number of benzene rings is 1. The molecule has 0 radical (unpaired) electrons. The fourth-order valence-electron chi connectivity index (χ4n) is 7.25. The number of carbonyl (C=O) groups is 3. The number of piperidine rings is 2. The molecule has 4 heterocycles. The lowest BCUT2D eigenvalue weighted by Gasteiger charge is -2.42. The first kappa shape index (κ1) is 49.4. The molecule has 4 aliphatic rings. The number of hydrazine groups is 1. The Kier molecular flexibility index (Phi) is 24.1. The molecule has 1 aromatic carbocycles. The first-order valence-corrected chi connectivity index (χ1v) is 21.3. The molecule has 0 spiro atoms. The lowest BCUT2D eigenvalue weighted by molar-refractivity contribution is -0.133. The topological polar surface area (TPSA) is 158 Å². The minimum Gasteiger partial charge on any atom is -0.468 e. The highest BCUT2D eigenvalue weighted by Crippen LogP contribution is 2.32. The van der Waals surface area contributed by atoms with Gasteiger partial charge in [0.05, 0.1) is 12.3 Å². The van der Waals surface area contributed by atoms with Crippen LogP contribution in [0.15, 0.2) is 30.6 Å². The maximum atomic E-state index is 14.9. The molecule has 322 valence electrons. The number of aryl methyl sites for hydroxylation is 1. The van der Waals surface area contributed by atoms with Gasteiger partial charge in [0.1, 0.15) is 17.7 Å². The van der Waals surface area contributed by atoms with Gasteiger partial charge in [-0.3, -0.25) is 35.9 Å². The standard InChI is InChI=1S/C24H33FN4O4.C11H17N3.C3H10N2.C3H8.C2H6/c25-20-15-18(26-21-6-8-23(31)27-24(21)32)3-7-22(20)29-12-10-28(11-13-29)19-4-1-17(2-5-19)9-14-33-16-30;1-9-12-7-11(8-13-9)10-3-5-14(2)6-4-10;1-3(2)5-4;1-3-2;1-2/h3,7,15-17,19,21,26H,1-2,4-6,8-14H2,(H,27,31,32);7-8,10H,3-6H2,1-2H3;3,5H,4H2,1-2H3;3H2,1-2H3;1-2H3. The molecule has 4 fully saturated rings. The largest absolute Gasteiger partial charge is 0.468 e. The van der Waals surface area contributed by atoms with Crippen molar-refractivity contribution in [2.45, 2.75) is 137 Å². The molecule has 3 aliphatic heterocycles. The molecule has 2 aromatic rings. The van der Waals surface area contributed by atoms with E-state index in [4.69, 9.17) is 10.6 Å². The summed E-state index contributed by atoms with van der Waals surface area (Å²) in [6, 6.07) is 5.47.